The minimum Gasteiger partial charge on any atom is -0.490 e. The highest BCUT2D eigenvalue weighted by Crippen LogP contribution is 2.57. The average Bonchev–Trinajstić information content (AvgIpc) is 2.75. The van der Waals surface area contributed by atoms with Crippen LogP contribution in [0.3, 0.4) is 0 Å². The standard InChI is InChI=1S/C24H25ClN4O2/c1-4-30-20-10-15(9-19(25)22(20)31-14(2)3)21-17-8-6-5-7-16(17)18(11-26)23(29)24(21,12-27)13-28/h7,9-10,14,17,21H,4-6,8,29H2,1-3H3. The molecule has 0 saturated heterocycles. The largest absolute Gasteiger partial charge is 0.490 e. The summed E-state index contributed by atoms with van der Waals surface area (Å²) in [6.45, 7) is 6.05. The van der Waals surface area contributed by atoms with E-state index in [1.54, 1.807) is 12.1 Å². The molecule has 0 amide bonds. The molecule has 0 aliphatic heterocycles. The van der Waals surface area contributed by atoms with Gasteiger partial charge < -0.3 is 15.2 Å². The predicted octanol–water partition coefficient (Wildman–Crippen LogP) is 5.12. The van der Waals surface area contributed by atoms with Gasteiger partial charge in [-0.2, -0.15) is 15.8 Å². The van der Waals surface area contributed by atoms with Gasteiger partial charge in [0.15, 0.2) is 16.9 Å². The lowest BCUT2D eigenvalue weighted by molar-refractivity contribution is 0.223. The van der Waals surface area contributed by atoms with Gasteiger partial charge in [-0.05, 0) is 69.2 Å². The summed E-state index contributed by atoms with van der Waals surface area (Å²) >= 11 is 6.60. The van der Waals surface area contributed by atoms with E-state index in [4.69, 9.17) is 26.8 Å². The van der Waals surface area contributed by atoms with Gasteiger partial charge in [0.05, 0.1) is 41.1 Å². The smallest absolute Gasteiger partial charge is 0.191 e. The van der Waals surface area contributed by atoms with Gasteiger partial charge in [-0.25, -0.2) is 0 Å². The van der Waals surface area contributed by atoms with Crippen LogP contribution in [0, 0.1) is 45.3 Å². The van der Waals surface area contributed by atoms with Gasteiger partial charge in [0, 0.05) is 5.92 Å². The van der Waals surface area contributed by atoms with Crippen molar-refractivity contribution in [2.45, 2.75) is 52.1 Å². The highest BCUT2D eigenvalue weighted by Gasteiger charge is 2.54. The van der Waals surface area contributed by atoms with E-state index in [2.05, 4.69) is 18.2 Å². The predicted molar refractivity (Wildman–Crippen MR) is 117 cm³/mol. The Labute approximate surface area is 188 Å². The van der Waals surface area contributed by atoms with E-state index < -0.39 is 11.3 Å². The number of allylic oxidation sites excluding steroid dienone is 4. The highest BCUT2D eigenvalue weighted by atomic mass is 35.5. The molecule has 1 aromatic rings. The zero-order valence-electron chi connectivity index (χ0n) is 17.9. The van der Waals surface area contributed by atoms with Crippen molar-refractivity contribution in [3.8, 4) is 29.7 Å². The molecular formula is C24H25ClN4O2. The van der Waals surface area contributed by atoms with Gasteiger partial charge in [0.25, 0.3) is 0 Å². The average molecular weight is 437 g/mol. The van der Waals surface area contributed by atoms with E-state index in [0.717, 1.165) is 24.8 Å². The summed E-state index contributed by atoms with van der Waals surface area (Å²) in [5.74, 6) is 0.102. The molecule has 2 unspecified atom stereocenters. The molecule has 1 aromatic carbocycles. The van der Waals surface area contributed by atoms with E-state index in [9.17, 15) is 15.8 Å². The fourth-order valence-corrected chi connectivity index (χ4v) is 4.89. The van der Waals surface area contributed by atoms with Crippen LogP contribution >= 0.6 is 11.6 Å². The summed E-state index contributed by atoms with van der Waals surface area (Å²) in [7, 11) is 0. The number of halogens is 1. The summed E-state index contributed by atoms with van der Waals surface area (Å²) < 4.78 is 11.7. The third kappa shape index (κ3) is 3.71. The van der Waals surface area contributed by atoms with Crippen molar-refractivity contribution in [3.63, 3.8) is 0 Å². The number of hydrogen-bond acceptors (Lipinski definition) is 6. The number of fused-ring (bicyclic) bond motifs is 1. The molecule has 0 heterocycles. The lowest BCUT2D eigenvalue weighted by Gasteiger charge is -2.43. The zero-order valence-corrected chi connectivity index (χ0v) is 18.7. The first-order valence-electron chi connectivity index (χ1n) is 10.4. The van der Waals surface area contributed by atoms with E-state index in [0.29, 0.717) is 28.7 Å². The van der Waals surface area contributed by atoms with E-state index in [1.807, 2.05) is 26.8 Å². The van der Waals surface area contributed by atoms with Crippen LogP contribution in [0.25, 0.3) is 0 Å². The molecule has 31 heavy (non-hydrogen) atoms. The zero-order chi connectivity index (χ0) is 22.8. The van der Waals surface area contributed by atoms with Gasteiger partial charge in [0.2, 0.25) is 0 Å². The van der Waals surface area contributed by atoms with Gasteiger partial charge in [-0.3, -0.25) is 0 Å². The summed E-state index contributed by atoms with van der Waals surface area (Å²) in [6.07, 6.45) is 4.36. The molecule has 2 aliphatic rings. The van der Waals surface area contributed by atoms with Crippen LogP contribution in [0.1, 0.15) is 51.5 Å². The second-order valence-corrected chi connectivity index (χ2v) is 8.44. The van der Waals surface area contributed by atoms with Crippen LogP contribution in [0.5, 0.6) is 11.5 Å². The van der Waals surface area contributed by atoms with E-state index >= 15 is 0 Å². The topological polar surface area (TPSA) is 116 Å². The van der Waals surface area contributed by atoms with Crippen molar-refractivity contribution in [2.75, 3.05) is 6.61 Å². The second-order valence-electron chi connectivity index (χ2n) is 8.04. The SMILES string of the molecule is CCOc1cc(C2C3CCCC=C3C(C#N)=C(N)C2(C#N)C#N)cc(Cl)c1OC(C)C. The van der Waals surface area contributed by atoms with Gasteiger partial charge in [-0.1, -0.05) is 17.7 Å². The molecule has 0 radical (unpaired) electrons. The molecule has 0 spiro atoms. The molecule has 160 valence electrons. The van der Waals surface area contributed by atoms with Crippen LogP contribution in [0.4, 0.5) is 0 Å². The first-order chi connectivity index (χ1) is 14.8. The fourth-order valence-electron chi connectivity index (χ4n) is 4.63. The Morgan fingerprint density at radius 3 is 2.55 bits per heavy atom. The summed E-state index contributed by atoms with van der Waals surface area (Å²) in [6, 6.07) is 9.94. The maximum atomic E-state index is 10.2. The van der Waals surface area contributed by atoms with Gasteiger partial charge >= 0.3 is 0 Å². The maximum absolute atomic E-state index is 10.2. The monoisotopic (exact) mass is 436 g/mol. The maximum Gasteiger partial charge on any atom is 0.191 e. The minimum atomic E-state index is -1.68. The van der Waals surface area contributed by atoms with E-state index in [1.165, 1.54) is 0 Å². The molecule has 3 rings (SSSR count). The summed E-state index contributed by atoms with van der Waals surface area (Å²) in [5, 5.41) is 30.4. The van der Waals surface area contributed by atoms with Gasteiger partial charge in [-0.15, -0.1) is 0 Å². The molecular weight excluding hydrogens is 412 g/mol. The Bertz CT molecular complexity index is 1050. The Hall–Kier alpha value is -3.14. The number of nitriles is 3. The summed E-state index contributed by atoms with van der Waals surface area (Å²) in [4.78, 5) is 0. The fraction of sp³-hybridized carbons (Fsp3) is 0.458. The van der Waals surface area contributed by atoms with Crippen LogP contribution in [-0.2, 0) is 0 Å². The second kappa shape index (κ2) is 8.93. The molecule has 0 saturated carbocycles. The lowest BCUT2D eigenvalue weighted by atomic mass is 9.57. The molecule has 2 atom stereocenters. The molecule has 2 N–H and O–H groups in total. The Balaban J connectivity index is 2.30. The number of rotatable bonds is 5. The Morgan fingerprint density at radius 1 is 1.26 bits per heavy atom. The molecule has 0 aromatic heterocycles. The lowest BCUT2D eigenvalue weighted by Crippen LogP contribution is -2.42. The van der Waals surface area contributed by atoms with Crippen LogP contribution in [-0.4, -0.2) is 12.7 Å². The number of nitrogens with two attached hydrogens (primary N) is 1. The number of nitrogens with zero attached hydrogens (tertiary/aromatic N) is 3. The van der Waals surface area contributed by atoms with Crippen LogP contribution < -0.4 is 15.2 Å². The van der Waals surface area contributed by atoms with Crippen molar-refractivity contribution < 1.29 is 9.47 Å². The summed E-state index contributed by atoms with van der Waals surface area (Å²) in [5.41, 5.74) is 6.40. The van der Waals surface area contributed by atoms with Crippen molar-refractivity contribution in [1.82, 2.24) is 0 Å². The normalized spacial score (nSPS) is 21.9. The number of benzene rings is 1. The Kier molecular flexibility index (Phi) is 6.49. The first kappa shape index (κ1) is 22.5. The molecule has 0 bridgehead atoms. The number of hydrogen-bond donors (Lipinski definition) is 1. The quantitative estimate of drug-likeness (QED) is 0.684. The van der Waals surface area contributed by atoms with Crippen molar-refractivity contribution in [3.05, 3.63) is 45.6 Å². The van der Waals surface area contributed by atoms with Crippen molar-refractivity contribution >= 4 is 11.6 Å². The molecule has 2 aliphatic carbocycles. The van der Waals surface area contributed by atoms with Crippen molar-refractivity contribution in [1.29, 1.82) is 15.8 Å². The van der Waals surface area contributed by atoms with Crippen LogP contribution in [0.15, 0.2) is 35.1 Å². The molecule has 7 heteroatoms. The highest BCUT2D eigenvalue weighted by molar-refractivity contribution is 6.32. The van der Waals surface area contributed by atoms with Crippen molar-refractivity contribution in [2.24, 2.45) is 17.1 Å². The molecule has 6 nitrogen and oxygen atoms in total. The van der Waals surface area contributed by atoms with E-state index in [-0.39, 0.29) is 23.3 Å². The third-order valence-electron chi connectivity index (χ3n) is 5.84. The first-order valence-corrected chi connectivity index (χ1v) is 10.8. The number of ether oxygens (including phenoxy) is 2. The minimum absolute atomic E-state index is 0.00555. The third-order valence-corrected chi connectivity index (χ3v) is 6.12. The Morgan fingerprint density at radius 2 is 1.97 bits per heavy atom. The van der Waals surface area contributed by atoms with Gasteiger partial charge in [0.1, 0.15) is 6.07 Å². The molecule has 0 fully saturated rings. The van der Waals surface area contributed by atoms with Crippen LogP contribution in [0.2, 0.25) is 5.02 Å².